The molecule has 0 aliphatic heterocycles. The second-order valence-corrected chi connectivity index (χ2v) is 6.39. The Balaban J connectivity index is 1.62. The minimum atomic E-state index is -0.392. The number of aromatic nitrogens is 2. The van der Waals surface area contributed by atoms with Gasteiger partial charge in [-0.1, -0.05) is 29.8 Å². The Morgan fingerprint density at radius 2 is 1.85 bits per heavy atom. The average Bonchev–Trinajstić information content (AvgIpc) is 2.65. The van der Waals surface area contributed by atoms with Gasteiger partial charge in [-0.3, -0.25) is 10.1 Å². The second-order valence-electron chi connectivity index (χ2n) is 5.65. The summed E-state index contributed by atoms with van der Waals surface area (Å²) in [5.41, 5.74) is 2.67. The molecule has 0 aliphatic rings. The van der Waals surface area contributed by atoms with Crippen molar-refractivity contribution in [1.82, 2.24) is 9.97 Å². The number of halogens is 2. The third kappa shape index (κ3) is 5.29. The number of nitro groups is 1. The van der Waals surface area contributed by atoms with Crippen LogP contribution in [0, 0.1) is 10.1 Å². The third-order valence-electron chi connectivity index (χ3n) is 3.70. The van der Waals surface area contributed by atoms with E-state index in [9.17, 15) is 10.1 Å². The van der Waals surface area contributed by atoms with Gasteiger partial charge in [-0.05, 0) is 41.8 Å². The van der Waals surface area contributed by atoms with Crippen LogP contribution in [0.5, 0.6) is 0 Å². The Kier molecular flexibility index (Phi) is 6.05. The van der Waals surface area contributed by atoms with Crippen LogP contribution in [0.1, 0.15) is 5.56 Å². The molecule has 0 fully saturated rings. The fraction of sp³-hybridized carbons (Fsp3) is 0.111. The predicted molar refractivity (Wildman–Crippen MR) is 107 cm³/mol. The van der Waals surface area contributed by atoms with Gasteiger partial charge in [0.05, 0.1) is 11.1 Å². The van der Waals surface area contributed by atoms with Crippen molar-refractivity contribution in [3.05, 3.63) is 80.7 Å². The quantitative estimate of drug-likeness (QED) is 0.324. The van der Waals surface area contributed by atoms with E-state index in [1.807, 2.05) is 30.3 Å². The standard InChI is InChI=1S/C18H15Cl2N5O2/c19-16-11-22-18(20)24-17(16)23-14-5-2-4-13(10-14)21-8-7-12-3-1-6-15(9-12)25(26)27/h1-6,9-11,21H,7-8H2,(H,22,23,24). The first kappa shape index (κ1) is 18.9. The van der Waals surface area contributed by atoms with Crippen molar-refractivity contribution in [2.45, 2.75) is 6.42 Å². The van der Waals surface area contributed by atoms with E-state index in [0.29, 0.717) is 23.8 Å². The number of rotatable bonds is 7. The van der Waals surface area contributed by atoms with E-state index >= 15 is 0 Å². The third-order valence-corrected chi connectivity index (χ3v) is 4.16. The maximum absolute atomic E-state index is 10.8. The first-order chi connectivity index (χ1) is 13.0. The van der Waals surface area contributed by atoms with E-state index in [0.717, 1.165) is 16.9 Å². The van der Waals surface area contributed by atoms with E-state index < -0.39 is 4.92 Å². The lowest BCUT2D eigenvalue weighted by Gasteiger charge is -2.11. The van der Waals surface area contributed by atoms with Gasteiger partial charge in [0, 0.05) is 30.1 Å². The molecule has 0 spiro atoms. The largest absolute Gasteiger partial charge is 0.385 e. The number of hydrogen-bond donors (Lipinski definition) is 2. The van der Waals surface area contributed by atoms with Crippen molar-refractivity contribution in [3.8, 4) is 0 Å². The molecule has 9 heteroatoms. The zero-order valence-corrected chi connectivity index (χ0v) is 15.5. The number of nitro benzene ring substituents is 1. The average molecular weight is 404 g/mol. The van der Waals surface area contributed by atoms with E-state index in [1.54, 1.807) is 12.1 Å². The smallest absolute Gasteiger partial charge is 0.269 e. The fourth-order valence-corrected chi connectivity index (χ4v) is 2.73. The van der Waals surface area contributed by atoms with E-state index in [1.165, 1.54) is 12.3 Å². The Morgan fingerprint density at radius 3 is 2.67 bits per heavy atom. The number of nitrogens with one attached hydrogen (secondary N) is 2. The SMILES string of the molecule is O=[N+]([O-])c1cccc(CCNc2cccc(Nc3nc(Cl)ncc3Cl)c2)c1. The lowest BCUT2D eigenvalue weighted by Crippen LogP contribution is -2.05. The van der Waals surface area contributed by atoms with Crippen molar-refractivity contribution in [2.75, 3.05) is 17.2 Å². The molecule has 0 aliphatic carbocycles. The first-order valence-electron chi connectivity index (χ1n) is 8.03. The lowest BCUT2D eigenvalue weighted by molar-refractivity contribution is -0.384. The molecule has 7 nitrogen and oxygen atoms in total. The van der Waals surface area contributed by atoms with Gasteiger partial charge in [0.25, 0.3) is 5.69 Å². The van der Waals surface area contributed by atoms with Crippen LogP contribution in [0.3, 0.4) is 0 Å². The van der Waals surface area contributed by atoms with Crippen LogP contribution >= 0.6 is 23.2 Å². The predicted octanol–water partition coefficient (Wildman–Crippen LogP) is 5.09. The molecule has 138 valence electrons. The summed E-state index contributed by atoms with van der Waals surface area (Å²) in [5, 5.41) is 17.7. The van der Waals surface area contributed by atoms with Gasteiger partial charge in [0.15, 0.2) is 5.82 Å². The summed E-state index contributed by atoms with van der Waals surface area (Å²) in [6, 6.07) is 14.2. The second kappa shape index (κ2) is 8.66. The van der Waals surface area contributed by atoms with Crippen molar-refractivity contribution >= 4 is 46.1 Å². The minimum Gasteiger partial charge on any atom is -0.385 e. The molecule has 1 aromatic heterocycles. The molecule has 0 atom stereocenters. The zero-order valence-electron chi connectivity index (χ0n) is 14.0. The van der Waals surface area contributed by atoms with Gasteiger partial charge in [0.1, 0.15) is 5.02 Å². The van der Waals surface area contributed by atoms with Crippen molar-refractivity contribution < 1.29 is 4.92 Å². The Bertz CT molecular complexity index is 968. The van der Waals surface area contributed by atoms with E-state index in [4.69, 9.17) is 23.2 Å². The van der Waals surface area contributed by atoms with E-state index in [2.05, 4.69) is 20.6 Å². The molecule has 0 saturated heterocycles. The van der Waals surface area contributed by atoms with Crippen LogP contribution in [0.15, 0.2) is 54.7 Å². The molecule has 0 unspecified atom stereocenters. The molecule has 2 N–H and O–H groups in total. The minimum absolute atomic E-state index is 0.0964. The normalized spacial score (nSPS) is 10.4. The van der Waals surface area contributed by atoms with Gasteiger partial charge in [-0.25, -0.2) is 4.98 Å². The monoisotopic (exact) mass is 403 g/mol. The molecule has 27 heavy (non-hydrogen) atoms. The maximum atomic E-state index is 10.8. The summed E-state index contributed by atoms with van der Waals surface area (Å²) in [7, 11) is 0. The number of benzene rings is 2. The molecular weight excluding hydrogens is 389 g/mol. The summed E-state index contributed by atoms with van der Waals surface area (Å²) < 4.78 is 0. The summed E-state index contributed by atoms with van der Waals surface area (Å²) in [5.74, 6) is 0.422. The highest BCUT2D eigenvalue weighted by Crippen LogP contribution is 2.25. The molecular formula is C18H15Cl2N5O2. The van der Waals surface area contributed by atoms with Crippen LogP contribution in [0.2, 0.25) is 10.3 Å². The van der Waals surface area contributed by atoms with Crippen LogP contribution in [-0.4, -0.2) is 21.4 Å². The lowest BCUT2D eigenvalue weighted by atomic mass is 10.1. The Labute approximate surface area is 165 Å². The molecule has 0 saturated carbocycles. The maximum Gasteiger partial charge on any atom is 0.269 e. The number of non-ortho nitro benzene ring substituents is 1. The van der Waals surface area contributed by atoms with Crippen molar-refractivity contribution in [3.63, 3.8) is 0 Å². The van der Waals surface area contributed by atoms with Gasteiger partial charge >= 0.3 is 0 Å². The molecule has 0 bridgehead atoms. The van der Waals surface area contributed by atoms with Gasteiger partial charge in [0.2, 0.25) is 5.28 Å². The molecule has 3 aromatic rings. The van der Waals surface area contributed by atoms with Crippen molar-refractivity contribution in [2.24, 2.45) is 0 Å². The van der Waals surface area contributed by atoms with Crippen LogP contribution in [0.25, 0.3) is 0 Å². The Hall–Kier alpha value is -2.90. The highest BCUT2D eigenvalue weighted by Gasteiger charge is 2.07. The molecule has 0 amide bonds. The summed E-state index contributed by atoms with van der Waals surface area (Å²) >= 11 is 11.9. The fourth-order valence-electron chi connectivity index (χ4n) is 2.45. The molecule has 0 radical (unpaired) electrons. The van der Waals surface area contributed by atoms with Crippen LogP contribution in [-0.2, 0) is 6.42 Å². The van der Waals surface area contributed by atoms with Gasteiger partial charge in [-0.15, -0.1) is 0 Å². The highest BCUT2D eigenvalue weighted by atomic mass is 35.5. The highest BCUT2D eigenvalue weighted by molar-refractivity contribution is 6.33. The number of anilines is 3. The zero-order chi connectivity index (χ0) is 19.2. The van der Waals surface area contributed by atoms with Crippen LogP contribution in [0.4, 0.5) is 22.9 Å². The summed E-state index contributed by atoms with van der Waals surface area (Å²) in [6.07, 6.45) is 2.09. The molecule has 3 rings (SSSR count). The van der Waals surface area contributed by atoms with Crippen molar-refractivity contribution in [1.29, 1.82) is 0 Å². The number of hydrogen-bond acceptors (Lipinski definition) is 6. The van der Waals surface area contributed by atoms with Crippen LogP contribution < -0.4 is 10.6 Å². The molecule has 2 aromatic carbocycles. The van der Waals surface area contributed by atoms with Gasteiger partial charge < -0.3 is 10.6 Å². The first-order valence-corrected chi connectivity index (χ1v) is 8.79. The molecule has 1 heterocycles. The van der Waals surface area contributed by atoms with Gasteiger partial charge in [-0.2, -0.15) is 4.98 Å². The Morgan fingerprint density at radius 1 is 1.07 bits per heavy atom. The number of nitrogens with zero attached hydrogens (tertiary/aromatic N) is 3. The summed E-state index contributed by atoms with van der Waals surface area (Å²) in [6.45, 7) is 0.630. The summed E-state index contributed by atoms with van der Waals surface area (Å²) in [4.78, 5) is 18.3. The topological polar surface area (TPSA) is 93.0 Å². The van der Waals surface area contributed by atoms with E-state index in [-0.39, 0.29) is 11.0 Å².